The lowest BCUT2D eigenvalue weighted by Crippen LogP contribution is -2.20. The predicted molar refractivity (Wildman–Crippen MR) is 75.0 cm³/mol. The van der Waals surface area contributed by atoms with Gasteiger partial charge in [0.05, 0.1) is 16.8 Å². The number of halogens is 4. The van der Waals surface area contributed by atoms with E-state index in [9.17, 15) is 18.0 Å². The number of hydrogen-bond acceptors (Lipinski definition) is 2. The van der Waals surface area contributed by atoms with Crippen LogP contribution in [-0.2, 0) is 13.2 Å². The van der Waals surface area contributed by atoms with Gasteiger partial charge in [-0.2, -0.15) is 18.3 Å². The van der Waals surface area contributed by atoms with Gasteiger partial charge in [0.2, 0.25) is 0 Å². The second-order valence-corrected chi connectivity index (χ2v) is 5.35. The topological polar surface area (TPSA) is 46.9 Å². The summed E-state index contributed by atoms with van der Waals surface area (Å²) >= 11 is 2.97. The molecule has 0 radical (unpaired) electrons. The second kappa shape index (κ2) is 5.51. The number of carbonyl (C=O) groups excluding carboxylic acids is 1. The van der Waals surface area contributed by atoms with Crippen LogP contribution < -0.4 is 5.32 Å². The molecule has 4 nitrogen and oxygen atoms in total. The smallest absolute Gasteiger partial charge is 0.307 e. The lowest BCUT2D eigenvalue weighted by Gasteiger charge is -2.13. The molecule has 112 valence electrons. The Kier molecular flexibility index (Phi) is 4.08. The normalized spacial score (nSPS) is 11.5. The van der Waals surface area contributed by atoms with Crippen molar-refractivity contribution >= 4 is 27.7 Å². The Morgan fingerprint density at radius 3 is 2.52 bits per heavy atom. The lowest BCUT2D eigenvalue weighted by molar-refractivity contribution is -0.137. The maximum absolute atomic E-state index is 13.0. The zero-order valence-electron chi connectivity index (χ0n) is 11.1. The highest BCUT2D eigenvalue weighted by Gasteiger charge is 2.35. The van der Waals surface area contributed by atoms with E-state index in [4.69, 9.17) is 0 Å². The zero-order chi connectivity index (χ0) is 15.8. The summed E-state index contributed by atoms with van der Waals surface area (Å²) in [5.74, 6) is -0.508. The fourth-order valence-corrected chi connectivity index (χ4v) is 2.22. The Bertz CT molecular complexity index is 694. The minimum atomic E-state index is -4.61. The van der Waals surface area contributed by atoms with Crippen molar-refractivity contribution in [3.05, 3.63) is 45.6 Å². The minimum absolute atomic E-state index is 0.253. The molecule has 0 atom stereocenters. The van der Waals surface area contributed by atoms with Gasteiger partial charge in [-0.1, -0.05) is 15.9 Å². The summed E-state index contributed by atoms with van der Waals surface area (Å²) in [6, 6.07) is 4.97. The summed E-state index contributed by atoms with van der Waals surface area (Å²) in [7, 11) is 1.59. The van der Waals surface area contributed by atoms with Crippen molar-refractivity contribution in [2.75, 3.05) is 5.32 Å². The number of nitrogens with one attached hydrogen (secondary N) is 1. The van der Waals surface area contributed by atoms with Crippen LogP contribution in [0.3, 0.4) is 0 Å². The van der Waals surface area contributed by atoms with Crippen molar-refractivity contribution in [3.8, 4) is 0 Å². The Hall–Kier alpha value is -1.83. The van der Waals surface area contributed by atoms with Gasteiger partial charge in [0.25, 0.3) is 5.91 Å². The molecular formula is C13H11BrF3N3O. The molecule has 2 aromatic rings. The average Bonchev–Trinajstić information content (AvgIpc) is 2.66. The zero-order valence-corrected chi connectivity index (χ0v) is 12.7. The quantitative estimate of drug-likeness (QED) is 0.884. The van der Waals surface area contributed by atoms with Gasteiger partial charge in [-0.05, 0) is 25.1 Å². The first-order valence-electron chi connectivity index (χ1n) is 5.87. The summed E-state index contributed by atoms with van der Waals surface area (Å²) in [6.07, 6.45) is -4.61. The Labute approximate surface area is 127 Å². The highest BCUT2D eigenvalue weighted by Crippen LogP contribution is 2.34. The maximum Gasteiger partial charge on any atom is 0.417 e. The number of rotatable bonds is 2. The van der Waals surface area contributed by atoms with Crippen LogP contribution in [-0.4, -0.2) is 15.7 Å². The number of aryl methyl sites for hydroxylation is 2. The van der Waals surface area contributed by atoms with Crippen LogP contribution in [0, 0.1) is 6.92 Å². The van der Waals surface area contributed by atoms with Gasteiger partial charge in [-0.3, -0.25) is 9.48 Å². The molecule has 1 heterocycles. The first-order valence-corrected chi connectivity index (χ1v) is 6.66. The molecule has 1 N–H and O–H groups in total. The molecule has 0 saturated heterocycles. The molecule has 0 unspecified atom stereocenters. The van der Waals surface area contributed by atoms with Crippen molar-refractivity contribution in [2.45, 2.75) is 13.1 Å². The molecule has 0 fully saturated rings. The van der Waals surface area contributed by atoms with E-state index < -0.39 is 23.2 Å². The lowest BCUT2D eigenvalue weighted by atomic mass is 10.1. The number of benzene rings is 1. The summed E-state index contributed by atoms with van der Waals surface area (Å²) in [6.45, 7) is 1.72. The molecule has 8 heteroatoms. The van der Waals surface area contributed by atoms with Crippen molar-refractivity contribution in [3.63, 3.8) is 0 Å². The van der Waals surface area contributed by atoms with Gasteiger partial charge in [0.15, 0.2) is 0 Å². The molecule has 0 aliphatic carbocycles. The molecule has 0 saturated carbocycles. The molecular weight excluding hydrogens is 351 g/mol. The van der Waals surface area contributed by atoms with E-state index in [0.29, 0.717) is 11.5 Å². The standard InChI is InChI=1S/C13H11BrF3N3O/c1-7-5-11(20(2)19-7)18-12(21)9-4-3-8(14)6-10(9)13(15,16)17/h3-6H,1-2H3,(H,18,21). The van der Waals surface area contributed by atoms with Gasteiger partial charge in [-0.25, -0.2) is 0 Å². The monoisotopic (exact) mass is 361 g/mol. The summed E-state index contributed by atoms with van der Waals surface area (Å²) in [5, 5.41) is 6.44. The van der Waals surface area contributed by atoms with Crippen molar-refractivity contribution in [1.29, 1.82) is 0 Å². The predicted octanol–water partition coefficient (Wildman–Crippen LogP) is 3.76. The third-order valence-corrected chi connectivity index (χ3v) is 3.27. The third kappa shape index (κ3) is 3.44. The van der Waals surface area contributed by atoms with Crippen molar-refractivity contribution in [1.82, 2.24) is 9.78 Å². The van der Waals surface area contributed by atoms with E-state index in [1.165, 1.54) is 10.7 Å². The van der Waals surface area contributed by atoms with E-state index in [2.05, 4.69) is 26.3 Å². The Balaban J connectivity index is 2.38. The first kappa shape index (κ1) is 15.6. The molecule has 2 rings (SSSR count). The largest absolute Gasteiger partial charge is 0.417 e. The molecule has 1 aromatic carbocycles. The van der Waals surface area contributed by atoms with Crippen molar-refractivity contribution < 1.29 is 18.0 Å². The fraction of sp³-hybridized carbons (Fsp3) is 0.231. The van der Waals surface area contributed by atoms with Gasteiger partial charge < -0.3 is 5.32 Å². The summed E-state index contributed by atoms with van der Waals surface area (Å²) in [5.41, 5.74) is -0.780. The fourth-order valence-electron chi connectivity index (χ4n) is 1.86. The van der Waals surface area contributed by atoms with Crippen LogP contribution in [0.2, 0.25) is 0 Å². The Morgan fingerprint density at radius 1 is 1.33 bits per heavy atom. The minimum Gasteiger partial charge on any atom is -0.307 e. The number of nitrogens with zero attached hydrogens (tertiary/aromatic N) is 2. The Morgan fingerprint density at radius 2 is 2.00 bits per heavy atom. The average molecular weight is 362 g/mol. The van der Waals surface area contributed by atoms with Gasteiger partial charge in [0.1, 0.15) is 5.82 Å². The number of alkyl halides is 3. The van der Waals surface area contributed by atoms with Gasteiger partial charge in [-0.15, -0.1) is 0 Å². The van der Waals surface area contributed by atoms with Crippen LogP contribution in [0.4, 0.5) is 19.0 Å². The summed E-state index contributed by atoms with van der Waals surface area (Å²) < 4.78 is 40.6. The van der Waals surface area contributed by atoms with Crippen LogP contribution >= 0.6 is 15.9 Å². The highest BCUT2D eigenvalue weighted by atomic mass is 79.9. The number of carbonyl (C=O) groups is 1. The van der Waals surface area contributed by atoms with E-state index in [1.54, 1.807) is 20.0 Å². The second-order valence-electron chi connectivity index (χ2n) is 4.44. The van der Waals surface area contributed by atoms with Gasteiger partial charge in [0, 0.05) is 17.6 Å². The molecule has 0 aliphatic heterocycles. The number of amides is 1. The molecule has 0 aliphatic rings. The van der Waals surface area contributed by atoms with E-state index in [1.807, 2.05) is 0 Å². The van der Waals surface area contributed by atoms with Gasteiger partial charge >= 0.3 is 6.18 Å². The number of anilines is 1. The maximum atomic E-state index is 13.0. The van der Waals surface area contributed by atoms with Crippen LogP contribution in [0.25, 0.3) is 0 Å². The van der Waals surface area contributed by atoms with Crippen LogP contribution in [0.1, 0.15) is 21.6 Å². The van der Waals surface area contributed by atoms with Crippen LogP contribution in [0.15, 0.2) is 28.7 Å². The van der Waals surface area contributed by atoms with Crippen molar-refractivity contribution in [2.24, 2.45) is 7.05 Å². The molecule has 0 bridgehead atoms. The number of hydrogen-bond donors (Lipinski definition) is 1. The molecule has 1 aromatic heterocycles. The number of aromatic nitrogens is 2. The van der Waals surface area contributed by atoms with Crippen LogP contribution in [0.5, 0.6) is 0 Å². The van der Waals surface area contributed by atoms with E-state index in [0.717, 1.165) is 12.1 Å². The summed E-state index contributed by atoms with van der Waals surface area (Å²) in [4.78, 5) is 12.1. The molecule has 0 spiro atoms. The molecule has 1 amide bonds. The third-order valence-electron chi connectivity index (χ3n) is 2.78. The first-order chi connectivity index (χ1) is 9.68. The van der Waals surface area contributed by atoms with E-state index >= 15 is 0 Å². The molecule has 21 heavy (non-hydrogen) atoms. The van der Waals surface area contributed by atoms with E-state index in [-0.39, 0.29) is 4.47 Å². The SMILES string of the molecule is Cc1cc(NC(=O)c2ccc(Br)cc2C(F)(F)F)n(C)n1. The highest BCUT2D eigenvalue weighted by molar-refractivity contribution is 9.10.